The number of rotatable bonds is 3. The maximum absolute atomic E-state index is 5.93. The summed E-state index contributed by atoms with van der Waals surface area (Å²) in [6.07, 6.45) is 2.14. The Morgan fingerprint density at radius 1 is 1.05 bits per heavy atom. The van der Waals surface area contributed by atoms with Crippen molar-refractivity contribution in [3.8, 4) is 0 Å². The number of fused-ring (bicyclic) bond motifs is 1. The van der Waals surface area contributed by atoms with Gasteiger partial charge < -0.3 is 10.3 Å². The molecule has 0 saturated heterocycles. The van der Waals surface area contributed by atoms with Crippen molar-refractivity contribution in [3.63, 3.8) is 0 Å². The van der Waals surface area contributed by atoms with E-state index in [0.717, 1.165) is 6.54 Å². The van der Waals surface area contributed by atoms with Gasteiger partial charge in [-0.2, -0.15) is 0 Å². The van der Waals surface area contributed by atoms with Gasteiger partial charge in [0.05, 0.1) is 0 Å². The third kappa shape index (κ3) is 2.40. The van der Waals surface area contributed by atoms with Gasteiger partial charge >= 0.3 is 0 Å². The highest BCUT2D eigenvalue weighted by atomic mass is 14.9. The third-order valence-electron chi connectivity index (χ3n) is 3.52. The SMILES string of the molecule is CC(N)c1ccc2c(ccn2Cc2ccccc2)c1. The zero-order chi connectivity index (χ0) is 13.2. The Balaban J connectivity index is 1.97. The highest BCUT2D eigenvalue weighted by Crippen LogP contribution is 2.21. The highest BCUT2D eigenvalue weighted by molar-refractivity contribution is 5.81. The smallest absolute Gasteiger partial charge is 0.0483 e. The van der Waals surface area contributed by atoms with Gasteiger partial charge in [0.2, 0.25) is 0 Å². The van der Waals surface area contributed by atoms with Crippen molar-refractivity contribution in [1.29, 1.82) is 0 Å². The zero-order valence-corrected chi connectivity index (χ0v) is 11.1. The van der Waals surface area contributed by atoms with Crippen LogP contribution in [0.15, 0.2) is 60.8 Å². The summed E-state index contributed by atoms with van der Waals surface area (Å²) >= 11 is 0. The number of nitrogens with zero attached hydrogens (tertiary/aromatic N) is 1. The topological polar surface area (TPSA) is 30.9 Å². The number of hydrogen-bond acceptors (Lipinski definition) is 1. The van der Waals surface area contributed by atoms with Crippen molar-refractivity contribution in [2.45, 2.75) is 19.5 Å². The quantitative estimate of drug-likeness (QED) is 0.754. The molecule has 3 rings (SSSR count). The monoisotopic (exact) mass is 250 g/mol. The maximum atomic E-state index is 5.93. The summed E-state index contributed by atoms with van der Waals surface area (Å²) in [5, 5.41) is 1.26. The molecule has 0 aliphatic heterocycles. The Morgan fingerprint density at radius 2 is 1.84 bits per heavy atom. The predicted octanol–water partition coefficient (Wildman–Crippen LogP) is 3.71. The lowest BCUT2D eigenvalue weighted by Crippen LogP contribution is -2.04. The number of nitrogens with two attached hydrogens (primary N) is 1. The van der Waals surface area contributed by atoms with E-state index in [4.69, 9.17) is 5.73 Å². The largest absolute Gasteiger partial charge is 0.343 e. The van der Waals surface area contributed by atoms with Crippen molar-refractivity contribution < 1.29 is 0 Å². The Hall–Kier alpha value is -2.06. The Kier molecular flexibility index (Phi) is 3.10. The molecular formula is C17H18N2. The molecule has 96 valence electrons. The average Bonchev–Trinajstić information content (AvgIpc) is 2.82. The van der Waals surface area contributed by atoms with Crippen molar-refractivity contribution in [2.75, 3.05) is 0 Å². The summed E-state index contributed by atoms with van der Waals surface area (Å²) in [5.74, 6) is 0. The van der Waals surface area contributed by atoms with Crippen LogP contribution < -0.4 is 5.73 Å². The molecule has 0 fully saturated rings. The van der Waals surface area contributed by atoms with Crippen LogP contribution >= 0.6 is 0 Å². The lowest BCUT2D eigenvalue weighted by atomic mass is 10.1. The molecule has 1 aromatic heterocycles. The second-order valence-corrected chi connectivity index (χ2v) is 5.04. The van der Waals surface area contributed by atoms with E-state index in [1.807, 2.05) is 13.0 Å². The second kappa shape index (κ2) is 4.90. The number of benzene rings is 2. The molecule has 0 bridgehead atoms. The summed E-state index contributed by atoms with van der Waals surface area (Å²) in [7, 11) is 0. The van der Waals surface area contributed by atoms with Crippen LogP contribution in [0.4, 0.5) is 0 Å². The van der Waals surface area contributed by atoms with E-state index in [-0.39, 0.29) is 6.04 Å². The van der Waals surface area contributed by atoms with Crippen LogP contribution in [0, 0.1) is 0 Å². The first-order valence-corrected chi connectivity index (χ1v) is 6.62. The molecular weight excluding hydrogens is 232 g/mol. The predicted molar refractivity (Wildman–Crippen MR) is 80.1 cm³/mol. The molecule has 1 heterocycles. The van der Waals surface area contributed by atoms with Crippen molar-refractivity contribution in [3.05, 3.63) is 71.9 Å². The molecule has 3 aromatic rings. The molecule has 0 saturated carbocycles. The number of aromatic nitrogens is 1. The van der Waals surface area contributed by atoms with Gasteiger partial charge in [-0.3, -0.25) is 0 Å². The van der Waals surface area contributed by atoms with Gasteiger partial charge in [0, 0.05) is 24.3 Å². The molecule has 0 spiro atoms. The van der Waals surface area contributed by atoms with Gasteiger partial charge in [0.15, 0.2) is 0 Å². The molecule has 0 radical (unpaired) electrons. The Labute approximate surface area is 113 Å². The van der Waals surface area contributed by atoms with E-state index >= 15 is 0 Å². The first-order valence-electron chi connectivity index (χ1n) is 6.62. The summed E-state index contributed by atoms with van der Waals surface area (Å²) < 4.78 is 2.27. The van der Waals surface area contributed by atoms with Crippen LogP contribution in [0.1, 0.15) is 24.1 Å². The van der Waals surface area contributed by atoms with E-state index in [2.05, 4.69) is 59.3 Å². The minimum absolute atomic E-state index is 0.0851. The van der Waals surface area contributed by atoms with Crippen LogP contribution in [0.25, 0.3) is 10.9 Å². The molecule has 0 amide bonds. The molecule has 2 heteroatoms. The highest BCUT2D eigenvalue weighted by Gasteiger charge is 2.05. The van der Waals surface area contributed by atoms with Crippen LogP contribution in [-0.4, -0.2) is 4.57 Å². The fraction of sp³-hybridized carbons (Fsp3) is 0.176. The summed E-state index contributed by atoms with van der Waals surface area (Å²) in [6.45, 7) is 2.92. The van der Waals surface area contributed by atoms with Crippen molar-refractivity contribution in [2.24, 2.45) is 5.73 Å². The fourth-order valence-electron chi connectivity index (χ4n) is 2.42. The van der Waals surface area contributed by atoms with E-state index in [1.54, 1.807) is 0 Å². The standard InChI is InChI=1S/C17H18N2/c1-13(18)15-7-8-17-16(11-15)9-10-19(17)12-14-5-3-2-4-6-14/h2-11,13H,12,18H2,1H3. The fourth-order valence-corrected chi connectivity index (χ4v) is 2.42. The maximum Gasteiger partial charge on any atom is 0.0483 e. The van der Waals surface area contributed by atoms with Crippen LogP contribution in [0.3, 0.4) is 0 Å². The molecule has 2 nitrogen and oxygen atoms in total. The van der Waals surface area contributed by atoms with Crippen LogP contribution in [0.5, 0.6) is 0 Å². The van der Waals surface area contributed by atoms with E-state index < -0.39 is 0 Å². The van der Waals surface area contributed by atoms with Gasteiger partial charge in [-0.15, -0.1) is 0 Å². The first kappa shape index (κ1) is 12.0. The normalized spacial score (nSPS) is 12.7. The minimum Gasteiger partial charge on any atom is -0.343 e. The molecule has 1 atom stereocenters. The molecule has 0 aliphatic rings. The van der Waals surface area contributed by atoms with E-state index in [0.29, 0.717) is 0 Å². The van der Waals surface area contributed by atoms with E-state index in [1.165, 1.54) is 22.0 Å². The van der Waals surface area contributed by atoms with Gasteiger partial charge in [0.25, 0.3) is 0 Å². The molecule has 0 aliphatic carbocycles. The molecule has 19 heavy (non-hydrogen) atoms. The van der Waals surface area contributed by atoms with E-state index in [9.17, 15) is 0 Å². The Bertz CT molecular complexity index is 681. The van der Waals surface area contributed by atoms with Gasteiger partial charge in [0.1, 0.15) is 0 Å². The Morgan fingerprint density at radius 3 is 2.58 bits per heavy atom. The van der Waals surface area contributed by atoms with Crippen molar-refractivity contribution in [1.82, 2.24) is 4.57 Å². The molecule has 2 aromatic carbocycles. The summed E-state index contributed by atoms with van der Waals surface area (Å²) in [6, 6.07) is 19.2. The second-order valence-electron chi connectivity index (χ2n) is 5.04. The van der Waals surface area contributed by atoms with Crippen molar-refractivity contribution >= 4 is 10.9 Å². The third-order valence-corrected chi connectivity index (χ3v) is 3.52. The lowest BCUT2D eigenvalue weighted by Gasteiger charge is -2.08. The number of hydrogen-bond donors (Lipinski definition) is 1. The zero-order valence-electron chi connectivity index (χ0n) is 11.1. The van der Waals surface area contributed by atoms with Gasteiger partial charge in [-0.05, 0) is 41.6 Å². The lowest BCUT2D eigenvalue weighted by molar-refractivity contribution is 0.817. The van der Waals surface area contributed by atoms with Gasteiger partial charge in [-0.1, -0.05) is 36.4 Å². The molecule has 1 unspecified atom stereocenters. The summed E-state index contributed by atoms with van der Waals surface area (Å²) in [4.78, 5) is 0. The minimum atomic E-state index is 0.0851. The molecule has 2 N–H and O–H groups in total. The van der Waals surface area contributed by atoms with Crippen LogP contribution in [-0.2, 0) is 6.54 Å². The van der Waals surface area contributed by atoms with Gasteiger partial charge in [-0.25, -0.2) is 0 Å². The first-order chi connectivity index (χ1) is 9.24. The van der Waals surface area contributed by atoms with Crippen LogP contribution in [0.2, 0.25) is 0 Å². The average molecular weight is 250 g/mol. The summed E-state index contributed by atoms with van der Waals surface area (Å²) in [5.41, 5.74) is 9.69.